The molecular formula is C22H21F7N2O2. The number of ketones is 1. The van der Waals surface area contributed by atoms with Gasteiger partial charge in [0.05, 0.1) is 0 Å². The first-order chi connectivity index (χ1) is 15.1. The number of anilines is 1. The van der Waals surface area contributed by atoms with E-state index in [1.807, 2.05) is 0 Å². The summed E-state index contributed by atoms with van der Waals surface area (Å²) in [4.78, 5) is 23.5. The van der Waals surface area contributed by atoms with Crippen LogP contribution in [-0.2, 0) is 16.9 Å². The number of carbonyl (C=O) groups is 2. The molecule has 0 aliphatic heterocycles. The summed E-state index contributed by atoms with van der Waals surface area (Å²) >= 11 is 0. The van der Waals surface area contributed by atoms with E-state index in [0.717, 1.165) is 0 Å². The average molecular weight is 478 g/mol. The first kappa shape index (κ1) is 26.1. The molecule has 3 N–H and O–H groups in total. The molecule has 0 saturated carbocycles. The number of primary amides is 1. The molecule has 33 heavy (non-hydrogen) atoms. The quantitative estimate of drug-likeness (QED) is 0.399. The van der Waals surface area contributed by atoms with Gasteiger partial charge >= 0.3 is 18.0 Å². The van der Waals surface area contributed by atoms with Crippen LogP contribution in [0, 0.1) is 13.8 Å². The third-order valence-corrected chi connectivity index (χ3v) is 5.10. The number of carbonyl (C=O) groups excluding carboxylic acids is 2. The number of Topliss-reactive ketones (excluding diaryl/α,β-unsaturated/α-hetero) is 1. The fourth-order valence-corrected chi connectivity index (χ4v) is 3.35. The zero-order valence-corrected chi connectivity index (χ0v) is 17.6. The summed E-state index contributed by atoms with van der Waals surface area (Å²) in [5.41, 5.74) is -1.29. The maximum absolute atomic E-state index is 14.4. The topological polar surface area (TPSA) is 72.2 Å². The van der Waals surface area contributed by atoms with Crippen molar-refractivity contribution in [3.63, 3.8) is 0 Å². The molecule has 0 aliphatic rings. The Bertz CT molecular complexity index is 1010. The number of amides is 1. The first-order valence-electron chi connectivity index (χ1n) is 9.66. The number of alkyl halides is 7. The number of hydrogen-bond acceptors (Lipinski definition) is 3. The molecule has 1 amide bonds. The summed E-state index contributed by atoms with van der Waals surface area (Å²) in [6.07, 6.45) is -12.7. The summed E-state index contributed by atoms with van der Waals surface area (Å²) in [5.74, 6) is -0.969. The van der Waals surface area contributed by atoms with Crippen LogP contribution >= 0.6 is 0 Å². The second-order valence-corrected chi connectivity index (χ2v) is 7.57. The Balaban J connectivity index is 2.33. The molecule has 0 fully saturated rings. The summed E-state index contributed by atoms with van der Waals surface area (Å²) in [6.45, 7) is 2.66. The molecule has 0 bridgehead atoms. The Labute approximate surface area is 185 Å². The largest absolute Gasteiger partial charge is 0.435 e. The number of hydrogen-bond donors (Lipinski definition) is 2. The summed E-state index contributed by atoms with van der Waals surface area (Å²) in [6, 6.07) is 7.12. The van der Waals surface area contributed by atoms with Crippen molar-refractivity contribution >= 4 is 17.4 Å². The van der Waals surface area contributed by atoms with Gasteiger partial charge in [0, 0.05) is 36.2 Å². The van der Waals surface area contributed by atoms with Crippen LogP contribution in [0.15, 0.2) is 36.4 Å². The molecule has 0 spiro atoms. The zero-order chi connectivity index (χ0) is 25.2. The van der Waals surface area contributed by atoms with Gasteiger partial charge in [-0.05, 0) is 42.7 Å². The first-order valence-corrected chi connectivity index (χ1v) is 9.66. The number of aryl methyl sites for hydroxylation is 2. The minimum Gasteiger partial charge on any atom is -0.385 e. The van der Waals surface area contributed by atoms with Crippen LogP contribution in [-0.4, -0.2) is 30.6 Å². The van der Waals surface area contributed by atoms with Gasteiger partial charge in [0.15, 0.2) is 5.78 Å². The lowest BCUT2D eigenvalue weighted by molar-refractivity contribution is -0.348. The molecule has 11 heteroatoms. The third kappa shape index (κ3) is 5.63. The van der Waals surface area contributed by atoms with Gasteiger partial charge in [-0.1, -0.05) is 24.3 Å². The summed E-state index contributed by atoms with van der Waals surface area (Å²) < 4.78 is 92.8. The summed E-state index contributed by atoms with van der Waals surface area (Å²) in [7, 11) is 0. The lowest BCUT2D eigenvalue weighted by Gasteiger charge is -2.31. The van der Waals surface area contributed by atoms with E-state index >= 15 is 0 Å². The van der Waals surface area contributed by atoms with Crippen molar-refractivity contribution in [2.45, 2.75) is 44.7 Å². The Kier molecular flexibility index (Phi) is 7.45. The van der Waals surface area contributed by atoms with E-state index in [1.54, 1.807) is 12.1 Å². The van der Waals surface area contributed by atoms with Crippen LogP contribution < -0.4 is 11.1 Å². The van der Waals surface area contributed by atoms with Crippen molar-refractivity contribution in [1.29, 1.82) is 0 Å². The van der Waals surface area contributed by atoms with Crippen LogP contribution in [0.5, 0.6) is 0 Å². The highest BCUT2D eigenvalue weighted by Gasteiger charge is 2.73. The molecule has 2 aromatic carbocycles. The lowest BCUT2D eigenvalue weighted by atomic mass is 9.87. The standard InChI is InChI=1S/C22H21F7N2O2/c1-12-8-15(20(23,21(24,25)26)22(27,28)29)9-13(2)17(12)11-18(32)14-4-3-5-16(10-14)31-7-6-19(30)33/h3-5,8-10,31H,6-7,11H2,1-2H3,(H2,30,33). The molecule has 0 heterocycles. The van der Waals surface area contributed by atoms with Crippen molar-refractivity contribution in [3.05, 3.63) is 64.2 Å². The van der Waals surface area contributed by atoms with Gasteiger partial charge in [0.2, 0.25) is 5.91 Å². The Morgan fingerprint density at radius 2 is 1.45 bits per heavy atom. The highest BCUT2D eigenvalue weighted by atomic mass is 19.4. The van der Waals surface area contributed by atoms with Crippen molar-refractivity contribution < 1.29 is 40.3 Å². The van der Waals surface area contributed by atoms with Gasteiger partial charge in [0.25, 0.3) is 0 Å². The second kappa shape index (κ2) is 9.40. The number of benzene rings is 2. The van der Waals surface area contributed by atoms with Gasteiger partial charge in [-0.3, -0.25) is 9.59 Å². The van der Waals surface area contributed by atoms with Crippen molar-refractivity contribution in [1.82, 2.24) is 0 Å². The maximum Gasteiger partial charge on any atom is 0.435 e. The smallest absolute Gasteiger partial charge is 0.385 e. The Hall–Kier alpha value is -3.11. The number of halogens is 7. The van der Waals surface area contributed by atoms with Crippen molar-refractivity contribution in [3.8, 4) is 0 Å². The predicted octanol–water partition coefficient (Wildman–Crippen LogP) is 5.31. The third-order valence-electron chi connectivity index (χ3n) is 5.10. The van der Waals surface area contributed by atoms with E-state index in [2.05, 4.69) is 5.32 Å². The molecule has 180 valence electrons. The minimum atomic E-state index is -6.22. The van der Waals surface area contributed by atoms with Crippen LogP contribution in [0.4, 0.5) is 36.4 Å². The fraction of sp³-hybridized carbons (Fsp3) is 0.364. The summed E-state index contributed by atoms with van der Waals surface area (Å²) in [5, 5.41) is 2.90. The van der Waals surface area contributed by atoms with Crippen LogP contribution in [0.1, 0.15) is 39.0 Å². The van der Waals surface area contributed by atoms with Gasteiger partial charge in [0.1, 0.15) is 0 Å². The molecule has 0 aromatic heterocycles. The van der Waals surface area contributed by atoms with E-state index in [1.165, 1.54) is 26.0 Å². The molecule has 0 unspecified atom stereocenters. The molecular weight excluding hydrogens is 457 g/mol. The Morgan fingerprint density at radius 3 is 1.94 bits per heavy atom. The zero-order valence-electron chi connectivity index (χ0n) is 17.6. The van der Waals surface area contributed by atoms with E-state index in [-0.39, 0.29) is 41.6 Å². The van der Waals surface area contributed by atoms with Crippen LogP contribution in [0.25, 0.3) is 0 Å². The fourth-order valence-electron chi connectivity index (χ4n) is 3.35. The van der Waals surface area contributed by atoms with Crippen LogP contribution in [0.3, 0.4) is 0 Å². The number of rotatable bonds is 8. The molecule has 0 saturated heterocycles. The van der Waals surface area contributed by atoms with Crippen molar-refractivity contribution in [2.75, 3.05) is 11.9 Å². The molecule has 0 atom stereocenters. The van der Waals surface area contributed by atoms with Gasteiger partial charge in [-0.15, -0.1) is 0 Å². The Morgan fingerprint density at radius 1 is 0.909 bits per heavy atom. The van der Waals surface area contributed by atoms with E-state index in [4.69, 9.17) is 5.73 Å². The van der Waals surface area contributed by atoms with E-state index < -0.39 is 35.3 Å². The highest BCUT2D eigenvalue weighted by molar-refractivity contribution is 5.98. The molecule has 0 aliphatic carbocycles. The average Bonchev–Trinajstić information content (AvgIpc) is 2.68. The molecule has 4 nitrogen and oxygen atoms in total. The van der Waals surface area contributed by atoms with E-state index in [9.17, 15) is 40.3 Å². The van der Waals surface area contributed by atoms with Crippen LogP contribution in [0.2, 0.25) is 0 Å². The van der Waals surface area contributed by atoms with Crippen molar-refractivity contribution in [2.24, 2.45) is 5.73 Å². The van der Waals surface area contributed by atoms with Gasteiger partial charge in [-0.25, -0.2) is 4.39 Å². The number of nitrogens with two attached hydrogens (primary N) is 1. The molecule has 0 radical (unpaired) electrons. The van der Waals surface area contributed by atoms with Gasteiger partial charge in [-0.2, -0.15) is 26.3 Å². The molecule has 2 rings (SSSR count). The van der Waals surface area contributed by atoms with Gasteiger partial charge < -0.3 is 11.1 Å². The lowest BCUT2D eigenvalue weighted by Crippen LogP contribution is -2.50. The SMILES string of the molecule is Cc1cc(C(F)(C(F)(F)F)C(F)(F)F)cc(C)c1CC(=O)c1cccc(NCCC(N)=O)c1. The highest BCUT2D eigenvalue weighted by Crippen LogP contribution is 2.53. The number of nitrogens with one attached hydrogen (secondary N) is 1. The minimum absolute atomic E-state index is 0.0643. The molecule has 2 aromatic rings. The van der Waals surface area contributed by atoms with E-state index in [0.29, 0.717) is 17.8 Å². The maximum atomic E-state index is 14.4. The second-order valence-electron chi connectivity index (χ2n) is 7.57. The monoisotopic (exact) mass is 478 g/mol. The predicted molar refractivity (Wildman–Crippen MR) is 108 cm³/mol. The normalized spacial score (nSPS) is 12.5.